The number of carbonyl (C=O) groups is 2. The third-order valence-electron chi connectivity index (χ3n) is 15.9. The van der Waals surface area contributed by atoms with Crippen molar-refractivity contribution in [2.75, 3.05) is 39.3 Å². The molecule has 434 valence electrons. The minimum absolute atomic E-state index is 0.0861. The third kappa shape index (κ3) is 43.4. The van der Waals surface area contributed by atoms with Gasteiger partial charge in [0, 0.05) is 26.2 Å². The van der Waals surface area contributed by atoms with Gasteiger partial charge in [-0.15, -0.1) is 0 Å². The minimum Gasteiger partial charge on any atom is -0.392 e. The number of hydrogen-bond acceptors (Lipinski definition) is 8. The lowest BCUT2D eigenvalue weighted by molar-refractivity contribution is -0.137. The molecule has 73 heavy (non-hydrogen) atoms. The molecule has 0 spiro atoms. The molecule has 0 aromatic heterocycles. The number of amides is 2. The van der Waals surface area contributed by atoms with Gasteiger partial charge in [-0.3, -0.25) is 19.4 Å². The van der Waals surface area contributed by atoms with E-state index < -0.39 is 24.3 Å². The van der Waals surface area contributed by atoms with E-state index in [-0.39, 0.29) is 24.0 Å². The molecule has 0 aromatic carbocycles. The standard InChI is InChI=1S/C63H126N4O6/c1-5-9-13-17-21-25-29-33-39-47-59(71)55-67(54-58(70)46-38-32-28-24-20-16-12-8-4)51-43-41-49-61-63(73)64-60(62(72)65-61)48-40-34-35-42-50-66(52-56(68)44-36-30-26-22-18-14-10-6-2)53-57(69)45-37-31-27-23-19-15-11-7-3/h56-61,68-71H,5-55H2,1-4H3,(H,64,73)(H,65,72)/t56-,57-,58-,59-,60-,61-/m0/s1. The topological polar surface area (TPSA) is 146 Å². The zero-order chi connectivity index (χ0) is 53.3. The van der Waals surface area contributed by atoms with Crippen molar-refractivity contribution in [2.24, 2.45) is 0 Å². The van der Waals surface area contributed by atoms with E-state index in [1.807, 2.05) is 0 Å². The molecule has 0 bridgehead atoms. The van der Waals surface area contributed by atoms with Crippen LogP contribution in [0.4, 0.5) is 0 Å². The summed E-state index contributed by atoms with van der Waals surface area (Å²) in [6.45, 7) is 13.0. The van der Waals surface area contributed by atoms with Crippen LogP contribution in [0.1, 0.15) is 317 Å². The molecule has 1 fully saturated rings. The van der Waals surface area contributed by atoms with Gasteiger partial charge in [-0.05, 0) is 70.9 Å². The molecule has 0 aliphatic carbocycles. The molecule has 1 heterocycles. The van der Waals surface area contributed by atoms with Crippen LogP contribution < -0.4 is 10.6 Å². The van der Waals surface area contributed by atoms with Crippen LogP contribution in [0.15, 0.2) is 0 Å². The van der Waals surface area contributed by atoms with Gasteiger partial charge in [0.05, 0.1) is 24.4 Å². The average Bonchev–Trinajstić information content (AvgIpc) is 3.36. The summed E-state index contributed by atoms with van der Waals surface area (Å²) in [7, 11) is 0. The Hall–Kier alpha value is -1.30. The van der Waals surface area contributed by atoms with Gasteiger partial charge in [-0.25, -0.2) is 0 Å². The number of unbranched alkanes of at least 4 members (excludes halogenated alkanes) is 33. The lowest BCUT2D eigenvalue weighted by Gasteiger charge is -2.30. The molecule has 10 nitrogen and oxygen atoms in total. The van der Waals surface area contributed by atoms with E-state index in [9.17, 15) is 30.0 Å². The number of aliphatic hydroxyl groups excluding tert-OH is 4. The number of hydrogen-bond donors (Lipinski definition) is 6. The van der Waals surface area contributed by atoms with Crippen LogP contribution in [0.25, 0.3) is 0 Å². The summed E-state index contributed by atoms with van der Waals surface area (Å²) in [5.74, 6) is -0.178. The van der Waals surface area contributed by atoms with Crippen molar-refractivity contribution in [1.29, 1.82) is 0 Å². The molecule has 1 saturated heterocycles. The molecule has 10 heteroatoms. The average molecular weight is 1040 g/mol. The molecular formula is C63H126N4O6. The first-order valence-electron chi connectivity index (χ1n) is 32.4. The predicted molar refractivity (Wildman–Crippen MR) is 311 cm³/mol. The molecule has 0 unspecified atom stereocenters. The second kappa shape index (κ2) is 51.5. The number of aliphatic hydroxyl groups is 4. The first-order valence-corrected chi connectivity index (χ1v) is 32.4. The third-order valence-corrected chi connectivity index (χ3v) is 15.9. The van der Waals surface area contributed by atoms with Crippen molar-refractivity contribution in [3.8, 4) is 0 Å². The van der Waals surface area contributed by atoms with Crippen molar-refractivity contribution < 1.29 is 30.0 Å². The van der Waals surface area contributed by atoms with Gasteiger partial charge >= 0.3 is 0 Å². The number of rotatable bonds is 57. The first-order chi connectivity index (χ1) is 35.6. The summed E-state index contributed by atoms with van der Waals surface area (Å²) in [6.07, 6.45) is 49.8. The van der Waals surface area contributed by atoms with Crippen molar-refractivity contribution in [2.45, 2.75) is 353 Å². The van der Waals surface area contributed by atoms with E-state index >= 15 is 0 Å². The Balaban J connectivity index is 2.53. The van der Waals surface area contributed by atoms with Crippen molar-refractivity contribution >= 4 is 11.8 Å². The van der Waals surface area contributed by atoms with E-state index in [1.54, 1.807) is 0 Å². The zero-order valence-electron chi connectivity index (χ0n) is 49.0. The van der Waals surface area contributed by atoms with Gasteiger partial charge in [0.1, 0.15) is 12.1 Å². The summed E-state index contributed by atoms with van der Waals surface area (Å²) < 4.78 is 0. The van der Waals surface area contributed by atoms with Gasteiger partial charge in [0.15, 0.2) is 0 Å². The van der Waals surface area contributed by atoms with Gasteiger partial charge in [0.2, 0.25) is 11.8 Å². The number of nitrogens with zero attached hydrogens (tertiary/aromatic N) is 2. The molecule has 0 saturated carbocycles. The normalized spacial score (nSPS) is 16.8. The quantitative estimate of drug-likeness (QED) is 0.0330. The maximum atomic E-state index is 13.2. The van der Waals surface area contributed by atoms with Crippen LogP contribution in [-0.2, 0) is 9.59 Å². The van der Waals surface area contributed by atoms with E-state index in [0.717, 1.165) is 109 Å². The van der Waals surface area contributed by atoms with E-state index in [1.165, 1.54) is 180 Å². The van der Waals surface area contributed by atoms with E-state index in [4.69, 9.17) is 0 Å². The highest BCUT2D eigenvalue weighted by atomic mass is 16.3. The Bertz CT molecular complexity index is 1170. The van der Waals surface area contributed by atoms with Crippen LogP contribution in [0.3, 0.4) is 0 Å². The molecule has 6 atom stereocenters. The van der Waals surface area contributed by atoms with Crippen molar-refractivity contribution in [3.05, 3.63) is 0 Å². The van der Waals surface area contributed by atoms with Crippen LogP contribution in [0.5, 0.6) is 0 Å². The van der Waals surface area contributed by atoms with Gasteiger partial charge in [0.25, 0.3) is 0 Å². The van der Waals surface area contributed by atoms with Crippen LogP contribution >= 0.6 is 0 Å². The Labute approximate surface area is 452 Å². The fraction of sp³-hybridized carbons (Fsp3) is 0.968. The van der Waals surface area contributed by atoms with E-state index in [0.29, 0.717) is 39.0 Å². The highest BCUT2D eigenvalue weighted by Gasteiger charge is 2.33. The maximum Gasteiger partial charge on any atom is 0.243 e. The summed E-state index contributed by atoms with van der Waals surface area (Å²) in [5.41, 5.74) is 0. The number of nitrogens with one attached hydrogen (secondary N) is 2. The molecule has 1 aliphatic heterocycles. The van der Waals surface area contributed by atoms with Crippen LogP contribution in [-0.4, -0.2) is 118 Å². The molecule has 1 rings (SSSR count). The summed E-state index contributed by atoms with van der Waals surface area (Å²) in [4.78, 5) is 31.0. The second-order valence-corrected chi connectivity index (χ2v) is 23.4. The predicted octanol–water partition coefficient (Wildman–Crippen LogP) is 14.7. The zero-order valence-corrected chi connectivity index (χ0v) is 49.0. The highest BCUT2D eigenvalue weighted by Crippen LogP contribution is 2.19. The van der Waals surface area contributed by atoms with E-state index in [2.05, 4.69) is 48.1 Å². The number of carbonyl (C=O) groups excluding carboxylic acids is 2. The second-order valence-electron chi connectivity index (χ2n) is 23.4. The fourth-order valence-electron chi connectivity index (χ4n) is 11.1. The summed E-state index contributed by atoms with van der Waals surface area (Å²) in [5, 5.41) is 50.3. The minimum atomic E-state index is -0.523. The number of piperazine rings is 1. The lowest BCUT2D eigenvalue weighted by Crippen LogP contribution is -2.61. The molecular weight excluding hydrogens is 909 g/mol. The van der Waals surface area contributed by atoms with Gasteiger partial charge < -0.3 is 31.1 Å². The Morgan fingerprint density at radius 3 is 0.795 bits per heavy atom. The Kier molecular flexibility index (Phi) is 49.1. The molecule has 0 radical (unpaired) electrons. The largest absolute Gasteiger partial charge is 0.392 e. The summed E-state index contributed by atoms with van der Waals surface area (Å²) >= 11 is 0. The summed E-state index contributed by atoms with van der Waals surface area (Å²) in [6, 6.07) is -1.02. The lowest BCUT2D eigenvalue weighted by atomic mass is 10.00. The monoisotopic (exact) mass is 1030 g/mol. The van der Waals surface area contributed by atoms with Crippen LogP contribution in [0.2, 0.25) is 0 Å². The Morgan fingerprint density at radius 2 is 0.521 bits per heavy atom. The van der Waals surface area contributed by atoms with Gasteiger partial charge in [-0.2, -0.15) is 0 Å². The SMILES string of the molecule is CCCCCCCCCCC[C@H](O)CN(CCCC[C@@H]1NC(=O)[C@H](CCCCCCN(C[C@@H](O)CCCCCCCCCC)C[C@@H](O)CCCCCCCCCC)NC1=O)C[C@@H](O)CCCCCCCCCC. The highest BCUT2D eigenvalue weighted by molar-refractivity contribution is 5.96. The van der Waals surface area contributed by atoms with Gasteiger partial charge in [-0.1, -0.05) is 259 Å². The molecule has 0 aromatic rings. The first kappa shape index (κ1) is 69.7. The molecule has 6 N–H and O–H groups in total. The fourth-order valence-corrected chi connectivity index (χ4v) is 11.1. The van der Waals surface area contributed by atoms with Crippen molar-refractivity contribution in [3.63, 3.8) is 0 Å². The molecule has 2 amide bonds. The maximum absolute atomic E-state index is 13.2. The molecule has 1 aliphatic rings. The smallest absolute Gasteiger partial charge is 0.243 e. The Morgan fingerprint density at radius 1 is 0.315 bits per heavy atom. The van der Waals surface area contributed by atoms with Crippen LogP contribution in [0, 0.1) is 0 Å². The van der Waals surface area contributed by atoms with Crippen molar-refractivity contribution in [1.82, 2.24) is 20.4 Å².